The van der Waals surface area contributed by atoms with Crippen molar-refractivity contribution in [1.29, 1.82) is 0 Å². The first kappa shape index (κ1) is 24.8. The summed E-state index contributed by atoms with van der Waals surface area (Å²) in [5, 5.41) is 9.48. The second-order valence-corrected chi connectivity index (χ2v) is 10.3. The molecule has 2 atom stereocenters. The number of carbonyl (C=O) groups excluding carboxylic acids is 2. The van der Waals surface area contributed by atoms with Crippen molar-refractivity contribution >= 4 is 51.6 Å². The van der Waals surface area contributed by atoms with Gasteiger partial charge in [-0.15, -0.1) is 0 Å². The predicted molar refractivity (Wildman–Crippen MR) is 131 cm³/mol. The molecule has 2 amide bonds. The van der Waals surface area contributed by atoms with Crippen LogP contribution >= 0.6 is 11.6 Å². The molecule has 0 bridgehead atoms. The lowest BCUT2D eigenvalue weighted by Gasteiger charge is -2.32. The third-order valence-corrected chi connectivity index (χ3v) is 8.08. The molecule has 3 aromatic carbocycles. The number of ether oxygens (including phenoxy) is 1. The third-order valence-electron chi connectivity index (χ3n) is 6.08. The van der Waals surface area contributed by atoms with Crippen LogP contribution in [0.3, 0.4) is 0 Å². The number of benzene rings is 3. The number of aliphatic carboxylic acids is 1. The highest BCUT2D eigenvalue weighted by Crippen LogP contribution is 2.52. The second-order valence-electron chi connectivity index (χ2n) is 8.34. The zero-order chi connectivity index (χ0) is 26.5. The van der Waals surface area contributed by atoms with Gasteiger partial charge in [0, 0.05) is 22.3 Å². The number of carboxylic acids is 1. The van der Waals surface area contributed by atoms with Crippen LogP contribution in [-0.4, -0.2) is 39.5 Å². The number of hydrogen-bond acceptors (Lipinski definition) is 5. The molecule has 2 heterocycles. The Morgan fingerprint density at radius 2 is 1.78 bits per heavy atom. The zero-order valence-electron chi connectivity index (χ0n) is 18.8. The predicted octanol–water partition coefficient (Wildman–Crippen LogP) is 3.58. The molecule has 5 rings (SSSR count). The smallest absolute Gasteiger partial charge is 0.341 e. The molecule has 2 aliphatic rings. The summed E-state index contributed by atoms with van der Waals surface area (Å²) in [6, 6.07) is 13.7. The van der Waals surface area contributed by atoms with E-state index in [-0.39, 0.29) is 23.5 Å². The van der Waals surface area contributed by atoms with Crippen LogP contribution in [0.25, 0.3) is 0 Å². The number of rotatable bonds is 6. The molecule has 0 radical (unpaired) electrons. The molecule has 8 nitrogen and oxygen atoms in total. The third kappa shape index (κ3) is 4.04. The Kier molecular flexibility index (Phi) is 6.20. The Morgan fingerprint density at radius 1 is 1.05 bits per heavy atom. The summed E-state index contributed by atoms with van der Waals surface area (Å²) >= 11 is 5.97. The van der Waals surface area contributed by atoms with Crippen LogP contribution in [0.15, 0.2) is 60.7 Å². The minimum absolute atomic E-state index is 0.0249. The molecular formula is C25H17ClF2N2O6S. The van der Waals surface area contributed by atoms with E-state index in [1.165, 1.54) is 23.1 Å². The van der Waals surface area contributed by atoms with Gasteiger partial charge in [0.05, 0.1) is 23.0 Å². The van der Waals surface area contributed by atoms with Gasteiger partial charge in [-0.25, -0.2) is 13.6 Å². The highest BCUT2D eigenvalue weighted by molar-refractivity contribution is 7.88. The largest absolute Gasteiger partial charge is 0.482 e. The molecule has 37 heavy (non-hydrogen) atoms. The minimum atomic E-state index is -2.15. The van der Waals surface area contributed by atoms with Gasteiger partial charge in [-0.2, -0.15) is 0 Å². The van der Waals surface area contributed by atoms with E-state index < -0.39 is 57.4 Å². The Morgan fingerprint density at radius 3 is 2.46 bits per heavy atom. The molecule has 12 heteroatoms. The van der Waals surface area contributed by atoms with Crippen LogP contribution < -0.4 is 14.5 Å². The fourth-order valence-corrected chi connectivity index (χ4v) is 6.35. The Labute approximate surface area is 216 Å². The van der Waals surface area contributed by atoms with Gasteiger partial charge in [-0.1, -0.05) is 23.7 Å². The average molecular weight is 547 g/mol. The van der Waals surface area contributed by atoms with Gasteiger partial charge in [0.15, 0.2) is 18.2 Å². The molecule has 190 valence electrons. The summed E-state index contributed by atoms with van der Waals surface area (Å²) in [7, 11) is -2.15. The number of halogens is 3. The molecule has 2 unspecified atom stereocenters. The summed E-state index contributed by atoms with van der Waals surface area (Å²) in [5.41, 5.74) is 0.946. The van der Waals surface area contributed by atoms with Crippen LogP contribution in [0.1, 0.15) is 11.1 Å². The summed E-state index contributed by atoms with van der Waals surface area (Å²) < 4.78 is 46.8. The minimum Gasteiger partial charge on any atom is -0.482 e. The number of carbonyl (C=O) groups is 3. The van der Waals surface area contributed by atoms with Gasteiger partial charge in [0.2, 0.25) is 10.8 Å². The number of fused-ring (bicyclic) bond motifs is 2. The molecule has 0 saturated carbocycles. The number of anilines is 2. The molecule has 1 N–H and O–H groups in total. The Hall–Kier alpha value is -3.83. The summed E-state index contributed by atoms with van der Waals surface area (Å²) in [6.45, 7) is -0.653. The van der Waals surface area contributed by atoms with Crippen molar-refractivity contribution in [3.05, 3.63) is 88.4 Å². The molecule has 1 saturated heterocycles. The van der Waals surface area contributed by atoms with E-state index in [0.29, 0.717) is 16.3 Å². The summed E-state index contributed by atoms with van der Waals surface area (Å²) in [6.07, 6.45) is 0. The first-order valence-electron chi connectivity index (χ1n) is 10.8. The standard InChI is InChI=1S/C25H17ClF2N2O6S/c26-15-3-1-14(2-4-15)11-29-21-8-6-17(36-12-23(32)33)10-18(21)25(24(29)34)30(22(31)13-37(25)35)16-5-7-19(27)20(28)9-16/h1-10H,11-13H2,(H,32,33). The van der Waals surface area contributed by atoms with Crippen LogP contribution in [0.4, 0.5) is 20.2 Å². The maximum absolute atomic E-state index is 14.2. The van der Waals surface area contributed by atoms with E-state index in [1.54, 1.807) is 24.3 Å². The van der Waals surface area contributed by atoms with E-state index in [4.69, 9.17) is 21.4 Å². The van der Waals surface area contributed by atoms with E-state index >= 15 is 0 Å². The van der Waals surface area contributed by atoms with Gasteiger partial charge in [-0.05, 0) is 48.0 Å². The maximum atomic E-state index is 14.2. The van der Waals surface area contributed by atoms with Crippen LogP contribution in [0.2, 0.25) is 5.02 Å². The summed E-state index contributed by atoms with van der Waals surface area (Å²) in [5.74, 6) is -5.57. The number of carboxylic acid groups (broad SMARTS) is 1. The van der Waals surface area contributed by atoms with Crippen molar-refractivity contribution in [1.82, 2.24) is 0 Å². The Balaban J connectivity index is 1.70. The number of amides is 2. The van der Waals surface area contributed by atoms with Gasteiger partial charge in [0.25, 0.3) is 5.91 Å². The lowest BCUT2D eigenvalue weighted by Crippen LogP contribution is -2.52. The van der Waals surface area contributed by atoms with Gasteiger partial charge in [-0.3, -0.25) is 18.7 Å². The highest BCUT2D eigenvalue weighted by Gasteiger charge is 2.65. The first-order chi connectivity index (χ1) is 17.6. The van der Waals surface area contributed by atoms with Crippen molar-refractivity contribution in [2.45, 2.75) is 11.4 Å². The van der Waals surface area contributed by atoms with E-state index in [1.807, 2.05) is 0 Å². The van der Waals surface area contributed by atoms with E-state index in [2.05, 4.69) is 0 Å². The van der Waals surface area contributed by atoms with Crippen molar-refractivity contribution < 1.29 is 37.2 Å². The Bertz CT molecular complexity index is 1480. The zero-order valence-corrected chi connectivity index (χ0v) is 20.4. The molecule has 2 aliphatic heterocycles. The molecule has 0 aromatic heterocycles. The van der Waals surface area contributed by atoms with Crippen LogP contribution in [0, 0.1) is 11.6 Å². The lowest BCUT2D eigenvalue weighted by molar-refractivity contribution is -0.139. The topological polar surface area (TPSA) is 104 Å². The van der Waals surface area contributed by atoms with Gasteiger partial charge < -0.3 is 14.7 Å². The lowest BCUT2D eigenvalue weighted by atomic mass is 10.0. The van der Waals surface area contributed by atoms with Crippen molar-refractivity contribution in [3.63, 3.8) is 0 Å². The average Bonchev–Trinajstić information content (AvgIpc) is 3.26. The fourth-order valence-electron chi connectivity index (χ4n) is 4.54. The summed E-state index contributed by atoms with van der Waals surface area (Å²) in [4.78, 5) is 38.4. The van der Waals surface area contributed by atoms with Crippen LogP contribution in [-0.2, 0) is 36.6 Å². The highest BCUT2D eigenvalue weighted by atomic mass is 35.5. The molecule has 1 spiro atoms. The normalized spacial score (nSPS) is 20.6. The number of nitrogens with zero attached hydrogens (tertiary/aromatic N) is 2. The molecule has 1 fully saturated rings. The first-order valence-corrected chi connectivity index (χ1v) is 12.5. The monoisotopic (exact) mass is 546 g/mol. The molecule has 3 aromatic rings. The van der Waals surface area contributed by atoms with Crippen molar-refractivity contribution in [3.8, 4) is 5.75 Å². The van der Waals surface area contributed by atoms with Crippen molar-refractivity contribution in [2.24, 2.45) is 0 Å². The van der Waals surface area contributed by atoms with Crippen LogP contribution in [0.5, 0.6) is 5.75 Å². The van der Waals surface area contributed by atoms with Gasteiger partial charge >= 0.3 is 5.97 Å². The van der Waals surface area contributed by atoms with E-state index in [0.717, 1.165) is 23.1 Å². The van der Waals surface area contributed by atoms with Crippen molar-refractivity contribution in [2.75, 3.05) is 22.2 Å². The SMILES string of the molecule is O=C(O)COc1ccc2c(c1)C1(C(=O)N2Cc2ccc(Cl)cc2)N(c2ccc(F)c(F)c2)C(=O)CS1=O. The van der Waals surface area contributed by atoms with E-state index in [9.17, 15) is 27.4 Å². The number of hydrogen-bond donors (Lipinski definition) is 1. The molecular weight excluding hydrogens is 530 g/mol. The second kappa shape index (κ2) is 9.24. The molecule has 0 aliphatic carbocycles. The quantitative estimate of drug-likeness (QED) is 0.507. The maximum Gasteiger partial charge on any atom is 0.341 e. The van der Waals surface area contributed by atoms with Gasteiger partial charge in [0.1, 0.15) is 11.5 Å². The fraction of sp³-hybridized carbons (Fsp3) is 0.160.